The Labute approximate surface area is 167 Å². The zero-order valence-corrected chi connectivity index (χ0v) is 16.2. The van der Waals surface area contributed by atoms with Crippen LogP contribution < -0.4 is 10.2 Å². The Morgan fingerprint density at radius 1 is 1.18 bits per heavy atom. The number of para-hydroxylation sites is 2. The molecule has 2 aromatic rings. The summed E-state index contributed by atoms with van der Waals surface area (Å²) in [7, 11) is 0. The van der Waals surface area contributed by atoms with Crippen molar-refractivity contribution in [2.45, 2.75) is 36.0 Å². The van der Waals surface area contributed by atoms with Crippen LogP contribution in [0.15, 0.2) is 53.4 Å². The molecule has 0 saturated carbocycles. The van der Waals surface area contributed by atoms with Crippen molar-refractivity contribution >= 4 is 40.9 Å². The van der Waals surface area contributed by atoms with E-state index in [0.717, 1.165) is 28.3 Å². The van der Waals surface area contributed by atoms with Gasteiger partial charge in [-0.15, -0.1) is 11.8 Å². The van der Waals surface area contributed by atoms with Crippen LogP contribution in [0.1, 0.15) is 18.9 Å². The van der Waals surface area contributed by atoms with Crippen LogP contribution in [0.2, 0.25) is 0 Å². The molecule has 0 spiro atoms. The van der Waals surface area contributed by atoms with E-state index in [4.69, 9.17) is 4.74 Å². The molecule has 0 unspecified atom stereocenters. The number of fused-ring (bicyclic) bond motifs is 2. The standard InChI is InChI=1S/C21H20N2O4S/c1-13-10-14-6-2-4-8-16(14)23(13)19(24)12-27-20(25)11-18-21(26)22-15-7-3-5-9-17(15)28-18/h2-9,13,18H,10-12H2,1H3,(H,22,26)/t13-,18-/m0/s1. The number of benzene rings is 2. The van der Waals surface area contributed by atoms with Gasteiger partial charge >= 0.3 is 5.97 Å². The minimum Gasteiger partial charge on any atom is -0.456 e. The van der Waals surface area contributed by atoms with Crippen LogP contribution in [0.5, 0.6) is 0 Å². The van der Waals surface area contributed by atoms with Gasteiger partial charge < -0.3 is 15.0 Å². The van der Waals surface area contributed by atoms with Gasteiger partial charge in [-0.2, -0.15) is 0 Å². The summed E-state index contributed by atoms with van der Waals surface area (Å²) in [5.41, 5.74) is 2.73. The predicted molar refractivity (Wildman–Crippen MR) is 107 cm³/mol. The molecular formula is C21H20N2O4S. The molecule has 0 fully saturated rings. The SMILES string of the molecule is C[C@H]1Cc2ccccc2N1C(=O)COC(=O)C[C@@H]1Sc2ccccc2NC1=O. The van der Waals surface area contributed by atoms with Crippen molar-refractivity contribution in [3.63, 3.8) is 0 Å². The summed E-state index contributed by atoms with van der Waals surface area (Å²) >= 11 is 1.34. The van der Waals surface area contributed by atoms with Gasteiger partial charge in [-0.1, -0.05) is 30.3 Å². The van der Waals surface area contributed by atoms with E-state index >= 15 is 0 Å². The first kappa shape index (κ1) is 18.6. The Hall–Kier alpha value is -2.80. The molecule has 7 heteroatoms. The van der Waals surface area contributed by atoms with Crippen molar-refractivity contribution in [1.29, 1.82) is 0 Å². The van der Waals surface area contributed by atoms with Crippen LogP contribution in [0.3, 0.4) is 0 Å². The monoisotopic (exact) mass is 396 g/mol. The maximum atomic E-state index is 12.6. The van der Waals surface area contributed by atoms with Gasteiger partial charge in [0.25, 0.3) is 5.91 Å². The molecule has 0 radical (unpaired) electrons. The summed E-state index contributed by atoms with van der Waals surface area (Å²) in [6.07, 6.45) is 0.707. The third kappa shape index (κ3) is 3.62. The molecule has 28 heavy (non-hydrogen) atoms. The lowest BCUT2D eigenvalue weighted by atomic mass is 10.1. The molecule has 2 heterocycles. The fraction of sp³-hybridized carbons (Fsp3) is 0.286. The Balaban J connectivity index is 1.34. The van der Waals surface area contributed by atoms with Gasteiger partial charge in [0.2, 0.25) is 5.91 Å². The molecule has 2 amide bonds. The summed E-state index contributed by atoms with van der Waals surface area (Å²) < 4.78 is 5.20. The molecule has 6 nitrogen and oxygen atoms in total. The average molecular weight is 396 g/mol. The van der Waals surface area contributed by atoms with Crippen molar-refractivity contribution in [1.82, 2.24) is 0 Å². The van der Waals surface area contributed by atoms with Crippen molar-refractivity contribution in [2.75, 3.05) is 16.8 Å². The van der Waals surface area contributed by atoms with Gasteiger partial charge in [-0.05, 0) is 37.1 Å². The molecule has 4 rings (SSSR count). The highest BCUT2D eigenvalue weighted by Gasteiger charge is 2.32. The fourth-order valence-corrected chi connectivity index (χ4v) is 4.69. The highest BCUT2D eigenvalue weighted by atomic mass is 32.2. The van der Waals surface area contributed by atoms with E-state index < -0.39 is 11.2 Å². The lowest BCUT2D eigenvalue weighted by Gasteiger charge is -2.24. The predicted octanol–water partition coefficient (Wildman–Crippen LogP) is 3.01. The quantitative estimate of drug-likeness (QED) is 0.804. The highest BCUT2D eigenvalue weighted by molar-refractivity contribution is 8.01. The number of nitrogens with zero attached hydrogens (tertiary/aromatic N) is 1. The Morgan fingerprint density at radius 2 is 1.93 bits per heavy atom. The maximum absolute atomic E-state index is 12.6. The first-order valence-electron chi connectivity index (χ1n) is 9.15. The second-order valence-corrected chi connectivity index (χ2v) is 8.15. The minimum absolute atomic E-state index is 0.0276. The first-order chi connectivity index (χ1) is 13.5. The molecule has 2 aliphatic rings. The van der Waals surface area contributed by atoms with E-state index in [1.54, 1.807) is 4.90 Å². The zero-order valence-electron chi connectivity index (χ0n) is 15.4. The molecule has 2 atom stereocenters. The van der Waals surface area contributed by atoms with Gasteiger partial charge in [0.1, 0.15) is 0 Å². The second kappa shape index (κ2) is 7.67. The number of thioether (sulfide) groups is 1. The Morgan fingerprint density at radius 3 is 2.79 bits per heavy atom. The lowest BCUT2D eigenvalue weighted by molar-refractivity contribution is -0.148. The average Bonchev–Trinajstić information content (AvgIpc) is 3.02. The van der Waals surface area contributed by atoms with Crippen LogP contribution in [0.4, 0.5) is 11.4 Å². The van der Waals surface area contributed by atoms with E-state index in [-0.39, 0.29) is 30.9 Å². The third-order valence-corrected chi connectivity index (χ3v) is 6.17. The molecule has 0 saturated heterocycles. The number of hydrogen-bond donors (Lipinski definition) is 1. The molecule has 2 aromatic carbocycles. The van der Waals surface area contributed by atoms with Crippen LogP contribution >= 0.6 is 11.8 Å². The van der Waals surface area contributed by atoms with E-state index in [9.17, 15) is 14.4 Å². The third-order valence-electron chi connectivity index (χ3n) is 4.89. The molecule has 144 valence electrons. The summed E-state index contributed by atoms with van der Waals surface area (Å²) in [6.45, 7) is 1.65. The van der Waals surface area contributed by atoms with Crippen molar-refractivity contribution < 1.29 is 19.1 Å². The van der Waals surface area contributed by atoms with Gasteiger partial charge in [-0.25, -0.2) is 0 Å². The van der Waals surface area contributed by atoms with E-state index in [0.29, 0.717) is 0 Å². The molecule has 2 aliphatic heterocycles. The largest absolute Gasteiger partial charge is 0.456 e. The van der Waals surface area contributed by atoms with Crippen LogP contribution in [-0.2, 0) is 25.5 Å². The number of carbonyl (C=O) groups is 3. The molecule has 0 bridgehead atoms. The van der Waals surface area contributed by atoms with Gasteiger partial charge in [-0.3, -0.25) is 14.4 Å². The van der Waals surface area contributed by atoms with Crippen molar-refractivity contribution in [3.8, 4) is 0 Å². The van der Waals surface area contributed by atoms with E-state index in [1.165, 1.54) is 11.8 Å². The summed E-state index contributed by atoms with van der Waals surface area (Å²) in [5.74, 6) is -1.04. The number of hydrogen-bond acceptors (Lipinski definition) is 5. The molecule has 1 N–H and O–H groups in total. The van der Waals surface area contributed by atoms with E-state index in [2.05, 4.69) is 5.32 Å². The van der Waals surface area contributed by atoms with Crippen LogP contribution in [0.25, 0.3) is 0 Å². The fourth-order valence-electron chi connectivity index (χ4n) is 3.59. The van der Waals surface area contributed by atoms with Gasteiger partial charge in [0.15, 0.2) is 6.61 Å². The number of nitrogens with one attached hydrogen (secondary N) is 1. The maximum Gasteiger partial charge on any atom is 0.307 e. The first-order valence-corrected chi connectivity index (χ1v) is 10.0. The topological polar surface area (TPSA) is 75.7 Å². The summed E-state index contributed by atoms with van der Waals surface area (Å²) in [5, 5.41) is 2.23. The molecular weight excluding hydrogens is 376 g/mol. The molecule has 0 aromatic heterocycles. The minimum atomic E-state index is -0.566. The number of rotatable bonds is 4. The Bertz CT molecular complexity index is 946. The van der Waals surface area contributed by atoms with Crippen LogP contribution in [-0.4, -0.2) is 35.7 Å². The van der Waals surface area contributed by atoms with Crippen molar-refractivity contribution in [3.05, 3.63) is 54.1 Å². The zero-order chi connectivity index (χ0) is 19.7. The van der Waals surface area contributed by atoms with E-state index in [1.807, 2.05) is 55.5 Å². The van der Waals surface area contributed by atoms with Crippen molar-refractivity contribution in [2.24, 2.45) is 0 Å². The smallest absolute Gasteiger partial charge is 0.307 e. The Kier molecular flexibility index (Phi) is 5.09. The number of ether oxygens (including phenoxy) is 1. The molecule has 0 aliphatic carbocycles. The normalized spacial score (nSPS) is 20.2. The number of carbonyl (C=O) groups excluding carboxylic acids is 3. The number of anilines is 2. The van der Waals surface area contributed by atoms with Gasteiger partial charge in [0.05, 0.1) is 17.4 Å². The van der Waals surface area contributed by atoms with Crippen LogP contribution in [0, 0.1) is 0 Å². The van der Waals surface area contributed by atoms with Gasteiger partial charge in [0, 0.05) is 16.6 Å². The summed E-state index contributed by atoms with van der Waals surface area (Å²) in [4.78, 5) is 39.6. The number of esters is 1. The summed E-state index contributed by atoms with van der Waals surface area (Å²) in [6, 6.07) is 15.2. The number of amides is 2. The lowest BCUT2D eigenvalue weighted by Crippen LogP contribution is -2.39. The second-order valence-electron chi connectivity index (χ2n) is 6.90. The highest BCUT2D eigenvalue weighted by Crippen LogP contribution is 2.36.